The van der Waals surface area contributed by atoms with Crippen LogP contribution in [0.4, 0.5) is 0 Å². The van der Waals surface area contributed by atoms with Gasteiger partial charge in [0.2, 0.25) is 0 Å². The maximum Gasteiger partial charge on any atom is 0.338 e. The Morgan fingerprint density at radius 3 is 1.31 bits per heavy atom. The second kappa shape index (κ2) is 28.4. The van der Waals surface area contributed by atoms with Crippen molar-refractivity contribution < 1.29 is 66.9 Å². The van der Waals surface area contributed by atoms with Crippen LogP contribution in [0.1, 0.15) is 51.5 Å². The smallest absolute Gasteiger partial charge is 0.338 e. The molecule has 388 valence electrons. The Morgan fingerprint density at radius 2 is 0.851 bits per heavy atom. The zero-order valence-electron chi connectivity index (χ0n) is 41.1. The standard InChI is InChI=1S/C59H62O14S/c1-2-74-59-56(69-37-44-27-15-6-16-28-44)54(68-36-43-25-13-5-14-26-43)52(66-34-41-21-9-3-10-22-41)48(72-59)40-65-50(61)33-49(60)64-39-47-51(62)53(67-35-42-23-11-4-12-24-42)55(73-57(63)46-31-19-8-20-32-46)58(71-47)70-38-45-29-17-7-18-30-45/h3-32,47-48,51-56,58-59,62H,2,33-40H2,1H3/t47-,48-,51-,52-,53+,54+,55+,56+,58+,59-/m1/s1. The number of hydrogen-bond acceptors (Lipinski definition) is 15. The molecular formula is C59H62O14S. The summed E-state index contributed by atoms with van der Waals surface area (Å²) in [7, 11) is 0. The molecule has 2 heterocycles. The number of aliphatic hydroxyl groups excluding tert-OH is 1. The fraction of sp³-hybridized carbons (Fsp3) is 0.339. The van der Waals surface area contributed by atoms with E-state index in [0.29, 0.717) is 12.4 Å². The quantitative estimate of drug-likeness (QED) is 0.0329. The summed E-state index contributed by atoms with van der Waals surface area (Å²) in [5, 5.41) is 11.9. The van der Waals surface area contributed by atoms with Gasteiger partial charge in [0.15, 0.2) is 12.4 Å². The zero-order chi connectivity index (χ0) is 51.3. The Bertz CT molecular complexity index is 2580. The van der Waals surface area contributed by atoms with Crippen molar-refractivity contribution in [2.24, 2.45) is 0 Å². The van der Waals surface area contributed by atoms with E-state index in [1.54, 1.807) is 30.3 Å². The van der Waals surface area contributed by atoms with Gasteiger partial charge in [-0.15, -0.1) is 11.8 Å². The summed E-state index contributed by atoms with van der Waals surface area (Å²) in [6.07, 6.45) is -10.2. The van der Waals surface area contributed by atoms with Crippen molar-refractivity contribution in [3.8, 4) is 0 Å². The summed E-state index contributed by atoms with van der Waals surface area (Å²) >= 11 is 1.54. The third-order valence-corrected chi connectivity index (χ3v) is 13.3. The largest absolute Gasteiger partial charge is 0.462 e. The highest BCUT2D eigenvalue weighted by Gasteiger charge is 2.51. The molecule has 2 aliphatic heterocycles. The van der Waals surface area contributed by atoms with E-state index in [4.69, 9.17) is 47.4 Å². The van der Waals surface area contributed by atoms with Gasteiger partial charge >= 0.3 is 17.9 Å². The average Bonchev–Trinajstić information content (AvgIpc) is 3.44. The van der Waals surface area contributed by atoms with E-state index in [2.05, 4.69) is 0 Å². The molecule has 0 spiro atoms. The lowest BCUT2D eigenvalue weighted by atomic mass is 9.98. The first-order chi connectivity index (χ1) is 36.3. The van der Waals surface area contributed by atoms with Crippen LogP contribution in [0.2, 0.25) is 0 Å². The molecule has 0 unspecified atom stereocenters. The van der Waals surface area contributed by atoms with Crippen molar-refractivity contribution in [3.63, 3.8) is 0 Å². The molecular weight excluding hydrogens is 965 g/mol. The van der Waals surface area contributed by atoms with Crippen molar-refractivity contribution in [1.29, 1.82) is 0 Å². The minimum absolute atomic E-state index is 0.0354. The molecule has 74 heavy (non-hydrogen) atoms. The Labute approximate surface area is 436 Å². The molecule has 8 rings (SSSR count). The molecule has 2 aliphatic rings. The van der Waals surface area contributed by atoms with E-state index >= 15 is 0 Å². The van der Waals surface area contributed by atoms with Crippen LogP contribution in [0.15, 0.2) is 182 Å². The van der Waals surface area contributed by atoms with Gasteiger partial charge in [-0.05, 0) is 45.7 Å². The lowest BCUT2D eigenvalue weighted by molar-refractivity contribution is -0.311. The third kappa shape index (κ3) is 15.9. The monoisotopic (exact) mass is 1030 g/mol. The zero-order valence-corrected chi connectivity index (χ0v) is 41.9. The molecule has 0 aliphatic carbocycles. The summed E-state index contributed by atoms with van der Waals surface area (Å²) in [5.41, 5.74) is 4.17. The summed E-state index contributed by atoms with van der Waals surface area (Å²) in [4.78, 5) is 40.6. The molecule has 0 amide bonds. The van der Waals surface area contributed by atoms with E-state index in [1.165, 1.54) is 11.8 Å². The van der Waals surface area contributed by atoms with Gasteiger partial charge in [-0.1, -0.05) is 177 Å². The number of aliphatic hydroxyl groups is 1. The van der Waals surface area contributed by atoms with Crippen LogP contribution < -0.4 is 0 Å². The molecule has 0 radical (unpaired) electrons. The van der Waals surface area contributed by atoms with Crippen molar-refractivity contribution in [2.75, 3.05) is 19.0 Å². The normalized spacial score (nSPS) is 23.6. The Hall–Kier alpha value is -6.24. The third-order valence-electron chi connectivity index (χ3n) is 12.3. The highest BCUT2D eigenvalue weighted by Crippen LogP contribution is 2.36. The van der Waals surface area contributed by atoms with Crippen LogP contribution in [-0.4, -0.2) is 103 Å². The molecule has 6 aromatic rings. The van der Waals surface area contributed by atoms with Crippen molar-refractivity contribution in [1.82, 2.24) is 0 Å². The number of carbonyl (C=O) groups is 3. The lowest BCUT2D eigenvalue weighted by Gasteiger charge is -2.45. The SMILES string of the molecule is CCS[C@H]1O[C@H](COC(=O)CC(=O)OC[C@H]2O[C@H](OCc3ccccc3)[C@@H](OC(=O)c3ccccc3)[C@@H](OCc3ccccc3)[C@@H]2O)[C@@H](OCc2ccccc2)[C@H](OCc2ccccc2)[C@@H]1OCc1ccccc1. The fourth-order valence-electron chi connectivity index (χ4n) is 8.51. The molecule has 0 bridgehead atoms. The predicted octanol–water partition coefficient (Wildman–Crippen LogP) is 8.81. The van der Waals surface area contributed by atoms with Crippen molar-refractivity contribution in [3.05, 3.63) is 215 Å². The van der Waals surface area contributed by atoms with Gasteiger partial charge in [0.05, 0.1) is 38.6 Å². The molecule has 2 saturated heterocycles. The minimum atomic E-state index is -1.49. The summed E-state index contributed by atoms with van der Waals surface area (Å²) in [5.74, 6) is -1.81. The van der Waals surface area contributed by atoms with E-state index in [0.717, 1.165) is 27.8 Å². The second-order valence-corrected chi connectivity index (χ2v) is 19.0. The molecule has 15 heteroatoms. The Balaban J connectivity index is 0.956. The number of esters is 3. The van der Waals surface area contributed by atoms with E-state index in [-0.39, 0.29) is 38.6 Å². The van der Waals surface area contributed by atoms with Gasteiger partial charge < -0.3 is 52.5 Å². The topological polar surface area (TPSA) is 164 Å². The van der Waals surface area contributed by atoms with Gasteiger partial charge in [-0.3, -0.25) is 9.59 Å². The molecule has 0 aromatic heterocycles. The van der Waals surface area contributed by atoms with Crippen molar-refractivity contribution in [2.45, 2.75) is 107 Å². The van der Waals surface area contributed by atoms with Gasteiger partial charge in [0, 0.05) is 0 Å². The van der Waals surface area contributed by atoms with Gasteiger partial charge in [-0.2, -0.15) is 0 Å². The van der Waals surface area contributed by atoms with Crippen LogP contribution in [0.5, 0.6) is 0 Å². The van der Waals surface area contributed by atoms with Crippen molar-refractivity contribution >= 4 is 29.7 Å². The number of carbonyl (C=O) groups excluding carboxylic acids is 3. The number of benzene rings is 6. The predicted molar refractivity (Wildman–Crippen MR) is 275 cm³/mol. The first kappa shape index (κ1) is 54.0. The summed E-state index contributed by atoms with van der Waals surface area (Å²) in [6.45, 7) is 2.07. The number of thioether (sulfide) groups is 1. The minimum Gasteiger partial charge on any atom is -0.462 e. The van der Waals surface area contributed by atoms with Crippen LogP contribution >= 0.6 is 11.8 Å². The Kier molecular flexibility index (Phi) is 20.8. The summed E-state index contributed by atoms with van der Waals surface area (Å²) in [6, 6.07) is 56.3. The maximum absolute atomic E-state index is 13.6. The number of hydrogen-bond donors (Lipinski definition) is 1. The first-order valence-corrected chi connectivity index (χ1v) is 25.8. The molecule has 10 atom stereocenters. The number of ether oxygens (including phenoxy) is 10. The lowest BCUT2D eigenvalue weighted by Crippen LogP contribution is -2.61. The molecule has 6 aromatic carbocycles. The number of rotatable bonds is 25. The van der Waals surface area contributed by atoms with E-state index in [9.17, 15) is 19.5 Å². The second-order valence-electron chi connectivity index (χ2n) is 17.7. The highest BCUT2D eigenvalue weighted by molar-refractivity contribution is 7.99. The Morgan fingerprint density at radius 1 is 0.459 bits per heavy atom. The molecule has 0 saturated carbocycles. The summed E-state index contributed by atoms with van der Waals surface area (Å²) < 4.78 is 63.1. The van der Waals surface area contributed by atoms with Crippen LogP contribution in [0.3, 0.4) is 0 Å². The van der Waals surface area contributed by atoms with Crippen LogP contribution in [0, 0.1) is 0 Å². The van der Waals surface area contributed by atoms with Gasteiger partial charge in [-0.25, -0.2) is 4.79 Å². The fourth-order valence-corrected chi connectivity index (χ4v) is 9.49. The van der Waals surface area contributed by atoms with Gasteiger partial charge in [0.1, 0.15) is 67.8 Å². The molecule has 14 nitrogen and oxygen atoms in total. The maximum atomic E-state index is 13.6. The molecule has 2 fully saturated rings. The highest BCUT2D eigenvalue weighted by atomic mass is 32.2. The van der Waals surface area contributed by atoms with Gasteiger partial charge in [0.25, 0.3) is 0 Å². The van der Waals surface area contributed by atoms with Crippen LogP contribution in [-0.2, 0) is 90.0 Å². The molecule has 1 N–H and O–H groups in total. The van der Waals surface area contributed by atoms with E-state index < -0.39 is 91.5 Å². The first-order valence-electron chi connectivity index (χ1n) is 24.8. The van der Waals surface area contributed by atoms with E-state index in [1.807, 2.05) is 159 Å². The van der Waals surface area contributed by atoms with Crippen LogP contribution in [0.25, 0.3) is 0 Å². The average molecular weight is 1030 g/mol.